The topological polar surface area (TPSA) is 82.5 Å². The summed E-state index contributed by atoms with van der Waals surface area (Å²) in [5, 5.41) is 3.29. The van der Waals surface area contributed by atoms with Crippen LogP contribution in [0.3, 0.4) is 0 Å². The van der Waals surface area contributed by atoms with Gasteiger partial charge in [0.1, 0.15) is 0 Å². The summed E-state index contributed by atoms with van der Waals surface area (Å²) in [5.41, 5.74) is 15.0. The Labute approximate surface area is 111 Å². The van der Waals surface area contributed by atoms with E-state index in [-0.39, 0.29) is 6.79 Å². The van der Waals surface area contributed by atoms with E-state index in [0.29, 0.717) is 12.2 Å². The van der Waals surface area contributed by atoms with Crippen molar-refractivity contribution in [2.24, 2.45) is 0 Å². The van der Waals surface area contributed by atoms with Crippen molar-refractivity contribution in [3.05, 3.63) is 42.0 Å². The molecule has 19 heavy (non-hydrogen) atoms. The van der Waals surface area contributed by atoms with Gasteiger partial charge in [0.05, 0.1) is 0 Å². The molecule has 0 aromatic heterocycles. The van der Waals surface area contributed by atoms with Crippen LogP contribution in [-0.4, -0.2) is 6.79 Å². The van der Waals surface area contributed by atoms with E-state index in [0.717, 1.165) is 28.4 Å². The number of nitrogen functional groups attached to an aromatic ring is 2. The van der Waals surface area contributed by atoms with E-state index in [2.05, 4.69) is 5.32 Å². The number of hydrogen-bond acceptors (Lipinski definition) is 5. The Kier molecular flexibility index (Phi) is 2.79. The molecule has 0 spiro atoms. The van der Waals surface area contributed by atoms with E-state index < -0.39 is 0 Å². The zero-order valence-corrected chi connectivity index (χ0v) is 10.3. The summed E-state index contributed by atoms with van der Waals surface area (Å²) in [6.45, 7) is 0.886. The molecule has 0 bridgehead atoms. The maximum atomic E-state index is 5.90. The maximum absolute atomic E-state index is 5.90. The largest absolute Gasteiger partial charge is 0.454 e. The number of ether oxygens (including phenoxy) is 2. The molecule has 0 saturated carbocycles. The summed E-state index contributed by atoms with van der Waals surface area (Å²) >= 11 is 0. The van der Waals surface area contributed by atoms with Crippen molar-refractivity contribution >= 4 is 17.1 Å². The summed E-state index contributed by atoms with van der Waals surface area (Å²) < 4.78 is 10.6. The lowest BCUT2D eigenvalue weighted by Crippen LogP contribution is -2.03. The zero-order chi connectivity index (χ0) is 13.2. The van der Waals surface area contributed by atoms with Crippen molar-refractivity contribution in [2.45, 2.75) is 6.54 Å². The highest BCUT2D eigenvalue weighted by atomic mass is 16.7. The second kappa shape index (κ2) is 4.61. The van der Waals surface area contributed by atoms with E-state index in [1.165, 1.54) is 0 Å². The highest BCUT2D eigenvalue weighted by Gasteiger charge is 2.13. The molecule has 0 amide bonds. The fraction of sp³-hybridized carbons (Fsp3) is 0.143. The molecule has 0 atom stereocenters. The van der Waals surface area contributed by atoms with E-state index in [1.54, 1.807) is 6.07 Å². The molecule has 0 saturated heterocycles. The summed E-state index contributed by atoms with van der Waals surface area (Å²) in [6, 6.07) is 11.2. The number of benzene rings is 2. The van der Waals surface area contributed by atoms with Crippen LogP contribution in [0.1, 0.15) is 5.56 Å². The first-order valence-electron chi connectivity index (χ1n) is 6.00. The van der Waals surface area contributed by atoms with Gasteiger partial charge in [0.2, 0.25) is 6.79 Å². The Morgan fingerprint density at radius 3 is 2.74 bits per heavy atom. The van der Waals surface area contributed by atoms with Crippen molar-refractivity contribution in [3.63, 3.8) is 0 Å². The quantitative estimate of drug-likeness (QED) is 0.734. The second-order valence-electron chi connectivity index (χ2n) is 4.38. The van der Waals surface area contributed by atoms with Crippen LogP contribution in [0.15, 0.2) is 36.4 Å². The van der Waals surface area contributed by atoms with Crippen LogP contribution >= 0.6 is 0 Å². The van der Waals surface area contributed by atoms with Gasteiger partial charge in [-0.1, -0.05) is 0 Å². The van der Waals surface area contributed by atoms with E-state index >= 15 is 0 Å². The number of hydrogen-bond donors (Lipinski definition) is 3. The van der Waals surface area contributed by atoms with E-state index in [1.807, 2.05) is 30.3 Å². The molecule has 0 unspecified atom stereocenters. The van der Waals surface area contributed by atoms with E-state index in [9.17, 15) is 0 Å². The maximum Gasteiger partial charge on any atom is 0.231 e. The van der Waals surface area contributed by atoms with Gasteiger partial charge in [0, 0.05) is 29.7 Å². The van der Waals surface area contributed by atoms with Crippen LogP contribution in [0.2, 0.25) is 0 Å². The number of nitrogens with two attached hydrogens (primary N) is 2. The molecule has 1 aliphatic rings. The Morgan fingerprint density at radius 2 is 1.84 bits per heavy atom. The lowest BCUT2D eigenvalue weighted by molar-refractivity contribution is 0.174. The minimum atomic E-state index is 0.279. The molecule has 1 aliphatic heterocycles. The van der Waals surface area contributed by atoms with Crippen LogP contribution < -0.4 is 26.3 Å². The van der Waals surface area contributed by atoms with Crippen LogP contribution in [0, 0.1) is 0 Å². The predicted octanol–water partition coefficient (Wildman–Crippen LogP) is 2.19. The minimum Gasteiger partial charge on any atom is -0.454 e. The van der Waals surface area contributed by atoms with E-state index in [4.69, 9.17) is 20.9 Å². The van der Waals surface area contributed by atoms with Gasteiger partial charge in [-0.15, -0.1) is 0 Å². The van der Waals surface area contributed by atoms with Gasteiger partial charge in [-0.05, 0) is 35.9 Å². The fourth-order valence-electron chi connectivity index (χ4n) is 1.98. The molecule has 5 N–H and O–H groups in total. The monoisotopic (exact) mass is 257 g/mol. The molecule has 3 rings (SSSR count). The third-order valence-corrected chi connectivity index (χ3v) is 3.02. The third kappa shape index (κ3) is 2.35. The lowest BCUT2D eigenvalue weighted by atomic mass is 10.1. The number of rotatable bonds is 3. The highest BCUT2D eigenvalue weighted by Crippen LogP contribution is 2.34. The third-order valence-electron chi connectivity index (χ3n) is 3.02. The second-order valence-corrected chi connectivity index (χ2v) is 4.38. The predicted molar refractivity (Wildman–Crippen MR) is 75.2 cm³/mol. The fourth-order valence-corrected chi connectivity index (χ4v) is 1.98. The Balaban J connectivity index is 1.74. The SMILES string of the molecule is Nc1ccc(N)c(CNc2ccc3c(c2)OCO3)c1. The average molecular weight is 257 g/mol. The van der Waals surface area contributed by atoms with Gasteiger partial charge in [0.25, 0.3) is 0 Å². The van der Waals surface area contributed by atoms with Gasteiger partial charge >= 0.3 is 0 Å². The van der Waals surface area contributed by atoms with Crippen molar-refractivity contribution < 1.29 is 9.47 Å². The molecule has 2 aromatic rings. The lowest BCUT2D eigenvalue weighted by Gasteiger charge is -2.10. The molecule has 0 fully saturated rings. The summed E-state index contributed by atoms with van der Waals surface area (Å²) in [4.78, 5) is 0. The van der Waals surface area contributed by atoms with Crippen molar-refractivity contribution in [2.75, 3.05) is 23.6 Å². The molecule has 5 heteroatoms. The van der Waals surface area contributed by atoms with Crippen LogP contribution in [0.4, 0.5) is 17.1 Å². The first-order chi connectivity index (χ1) is 9.22. The van der Waals surface area contributed by atoms with Gasteiger partial charge in [-0.2, -0.15) is 0 Å². The van der Waals surface area contributed by atoms with Crippen LogP contribution in [0.25, 0.3) is 0 Å². The molecule has 0 aliphatic carbocycles. The molecule has 1 heterocycles. The number of anilines is 3. The van der Waals surface area contributed by atoms with Gasteiger partial charge < -0.3 is 26.3 Å². The molecule has 2 aromatic carbocycles. The van der Waals surface area contributed by atoms with Crippen molar-refractivity contribution in [3.8, 4) is 11.5 Å². The normalized spacial score (nSPS) is 12.4. The summed E-state index contributed by atoms with van der Waals surface area (Å²) in [6.07, 6.45) is 0. The van der Waals surface area contributed by atoms with Crippen LogP contribution in [0.5, 0.6) is 11.5 Å². The number of fused-ring (bicyclic) bond motifs is 1. The molecular weight excluding hydrogens is 242 g/mol. The Hall–Kier alpha value is -2.56. The molecule has 5 nitrogen and oxygen atoms in total. The standard InChI is InChI=1S/C14H15N3O2/c15-10-1-3-12(16)9(5-10)7-17-11-2-4-13-14(6-11)19-8-18-13/h1-6,17H,7-8,15-16H2. The van der Waals surface area contributed by atoms with Gasteiger partial charge in [-0.25, -0.2) is 0 Å². The minimum absolute atomic E-state index is 0.279. The Morgan fingerprint density at radius 1 is 1.00 bits per heavy atom. The Bertz CT molecular complexity index is 614. The first-order valence-corrected chi connectivity index (χ1v) is 6.00. The van der Waals surface area contributed by atoms with Gasteiger partial charge in [0.15, 0.2) is 11.5 Å². The first kappa shape index (κ1) is 11.5. The molecule has 98 valence electrons. The van der Waals surface area contributed by atoms with Crippen LogP contribution in [-0.2, 0) is 6.54 Å². The smallest absolute Gasteiger partial charge is 0.231 e. The van der Waals surface area contributed by atoms with Crippen molar-refractivity contribution in [1.29, 1.82) is 0 Å². The summed E-state index contributed by atoms with van der Waals surface area (Å²) in [7, 11) is 0. The van der Waals surface area contributed by atoms with Crippen molar-refractivity contribution in [1.82, 2.24) is 0 Å². The average Bonchev–Trinajstić information content (AvgIpc) is 2.87. The zero-order valence-electron chi connectivity index (χ0n) is 10.3. The molecule has 0 radical (unpaired) electrons. The highest BCUT2D eigenvalue weighted by molar-refractivity contribution is 5.59. The molecular formula is C14H15N3O2. The number of nitrogens with one attached hydrogen (secondary N) is 1. The van der Waals surface area contributed by atoms with Gasteiger partial charge in [-0.3, -0.25) is 0 Å². The summed E-state index contributed by atoms with van der Waals surface area (Å²) in [5.74, 6) is 1.53.